The summed E-state index contributed by atoms with van der Waals surface area (Å²) in [5, 5.41) is 19.9. The van der Waals surface area contributed by atoms with Crippen LogP contribution in [0.15, 0.2) is 24.5 Å². The first-order valence-electron chi connectivity index (χ1n) is 7.71. The number of amides is 1. The molecule has 0 aliphatic rings. The second kappa shape index (κ2) is 7.57. The standard InChI is InChI=1S/C14H15F3N8O2/c1-27-5-4-18-12(26)8-24-7-9(6-19-24)20-10-2-3-11-21-22-13(14(15,16)17)25(11)23-10/h2-3,6-7H,4-5,8H2,1H3,(H,18,26)(H,20,23). The normalized spacial score (nSPS) is 11.7. The summed E-state index contributed by atoms with van der Waals surface area (Å²) in [4.78, 5) is 11.7. The van der Waals surface area contributed by atoms with Gasteiger partial charge in [-0.1, -0.05) is 0 Å². The van der Waals surface area contributed by atoms with Crippen molar-refractivity contribution in [1.29, 1.82) is 0 Å². The summed E-state index contributed by atoms with van der Waals surface area (Å²) in [6, 6.07) is 2.81. The second-order valence-corrected chi connectivity index (χ2v) is 5.40. The molecule has 0 unspecified atom stereocenters. The van der Waals surface area contributed by atoms with Crippen LogP contribution in [0, 0.1) is 0 Å². The molecule has 0 saturated carbocycles. The lowest BCUT2D eigenvalue weighted by molar-refractivity contribution is -0.146. The highest BCUT2D eigenvalue weighted by molar-refractivity contribution is 5.75. The van der Waals surface area contributed by atoms with E-state index in [1.807, 2.05) is 0 Å². The average Bonchev–Trinajstić information content (AvgIpc) is 3.21. The van der Waals surface area contributed by atoms with Gasteiger partial charge in [0.25, 0.3) is 5.82 Å². The Morgan fingerprint density at radius 2 is 2.11 bits per heavy atom. The topological polar surface area (TPSA) is 111 Å². The van der Waals surface area contributed by atoms with Crippen LogP contribution in [0.2, 0.25) is 0 Å². The van der Waals surface area contributed by atoms with Gasteiger partial charge in [0.2, 0.25) is 5.91 Å². The smallest absolute Gasteiger partial charge is 0.383 e. The van der Waals surface area contributed by atoms with Crippen molar-refractivity contribution >= 4 is 23.1 Å². The lowest BCUT2D eigenvalue weighted by atomic mass is 10.4. The van der Waals surface area contributed by atoms with Crippen LogP contribution in [0.1, 0.15) is 5.82 Å². The molecule has 0 aromatic carbocycles. The maximum Gasteiger partial charge on any atom is 0.453 e. The van der Waals surface area contributed by atoms with Gasteiger partial charge in [0.05, 0.1) is 18.5 Å². The molecule has 1 amide bonds. The number of nitrogens with zero attached hydrogens (tertiary/aromatic N) is 6. The molecule has 0 radical (unpaired) electrons. The Morgan fingerprint density at radius 1 is 1.30 bits per heavy atom. The summed E-state index contributed by atoms with van der Waals surface area (Å²) in [6.45, 7) is 0.766. The molecule has 144 valence electrons. The Kier molecular flexibility index (Phi) is 5.21. The number of ether oxygens (including phenoxy) is 1. The number of halogens is 3. The molecule has 10 nitrogen and oxygen atoms in total. The van der Waals surface area contributed by atoms with Crippen LogP contribution >= 0.6 is 0 Å². The molecule has 2 N–H and O–H groups in total. The summed E-state index contributed by atoms with van der Waals surface area (Å²) in [5.41, 5.74) is 0.421. The Morgan fingerprint density at radius 3 is 2.85 bits per heavy atom. The fraction of sp³-hybridized carbons (Fsp3) is 0.357. The Balaban J connectivity index is 1.69. The molecule has 3 rings (SSSR count). The first kappa shape index (κ1) is 18.6. The monoisotopic (exact) mass is 384 g/mol. The van der Waals surface area contributed by atoms with E-state index in [2.05, 4.69) is 31.0 Å². The van der Waals surface area contributed by atoms with Crippen molar-refractivity contribution in [3.63, 3.8) is 0 Å². The molecule has 0 bridgehead atoms. The van der Waals surface area contributed by atoms with Gasteiger partial charge in [0.1, 0.15) is 6.54 Å². The van der Waals surface area contributed by atoms with Crippen LogP contribution in [0.5, 0.6) is 0 Å². The zero-order chi connectivity index (χ0) is 19.4. The summed E-state index contributed by atoms with van der Waals surface area (Å²) < 4.78 is 45.5. The van der Waals surface area contributed by atoms with Gasteiger partial charge in [-0.25, -0.2) is 0 Å². The van der Waals surface area contributed by atoms with Gasteiger partial charge in [-0.3, -0.25) is 9.48 Å². The lowest BCUT2D eigenvalue weighted by Crippen LogP contribution is -2.30. The fourth-order valence-electron chi connectivity index (χ4n) is 2.19. The highest BCUT2D eigenvalue weighted by atomic mass is 19.4. The van der Waals surface area contributed by atoms with Gasteiger partial charge < -0.3 is 15.4 Å². The van der Waals surface area contributed by atoms with Crippen LogP contribution in [-0.2, 0) is 22.3 Å². The number of rotatable bonds is 7. The first-order valence-corrected chi connectivity index (χ1v) is 7.71. The molecule has 3 aromatic rings. The van der Waals surface area contributed by atoms with E-state index in [4.69, 9.17) is 4.74 Å². The van der Waals surface area contributed by atoms with Gasteiger partial charge in [-0.15, -0.1) is 15.3 Å². The minimum atomic E-state index is -4.67. The van der Waals surface area contributed by atoms with Crippen molar-refractivity contribution in [3.8, 4) is 0 Å². The zero-order valence-corrected chi connectivity index (χ0v) is 14.1. The molecule has 0 atom stereocenters. The van der Waals surface area contributed by atoms with E-state index in [1.54, 1.807) is 0 Å². The van der Waals surface area contributed by atoms with Gasteiger partial charge in [0.15, 0.2) is 11.5 Å². The SMILES string of the molecule is COCCNC(=O)Cn1cc(Nc2ccc3nnc(C(F)(F)F)n3n2)cn1. The van der Waals surface area contributed by atoms with Crippen molar-refractivity contribution < 1.29 is 22.7 Å². The van der Waals surface area contributed by atoms with Gasteiger partial charge >= 0.3 is 6.18 Å². The fourth-order valence-corrected chi connectivity index (χ4v) is 2.19. The minimum absolute atomic E-state index is 0.0124. The van der Waals surface area contributed by atoms with Gasteiger partial charge in [-0.2, -0.15) is 22.8 Å². The van der Waals surface area contributed by atoms with E-state index in [0.717, 1.165) is 0 Å². The summed E-state index contributed by atoms with van der Waals surface area (Å²) in [6.07, 6.45) is -1.73. The van der Waals surface area contributed by atoms with Crippen molar-refractivity contribution in [1.82, 2.24) is 34.9 Å². The number of fused-ring (bicyclic) bond motifs is 1. The van der Waals surface area contributed by atoms with E-state index >= 15 is 0 Å². The molecule has 0 aliphatic carbocycles. The summed E-state index contributed by atoms with van der Waals surface area (Å²) in [5.74, 6) is -1.33. The van der Waals surface area contributed by atoms with Crippen molar-refractivity contribution in [3.05, 3.63) is 30.4 Å². The maximum absolute atomic E-state index is 12.9. The van der Waals surface area contributed by atoms with Crippen LogP contribution in [0.25, 0.3) is 5.65 Å². The molecular formula is C14H15F3N8O2. The number of carbonyl (C=O) groups excluding carboxylic acids is 1. The molecule has 0 saturated heterocycles. The largest absolute Gasteiger partial charge is 0.453 e. The Hall–Kier alpha value is -3.22. The number of carbonyl (C=O) groups is 1. The molecule has 0 fully saturated rings. The van der Waals surface area contributed by atoms with E-state index in [-0.39, 0.29) is 23.9 Å². The minimum Gasteiger partial charge on any atom is -0.383 e. The van der Waals surface area contributed by atoms with Crippen LogP contribution in [-0.4, -0.2) is 55.8 Å². The van der Waals surface area contributed by atoms with Crippen molar-refractivity contribution in [2.75, 3.05) is 25.6 Å². The number of nitrogens with one attached hydrogen (secondary N) is 2. The predicted octanol–water partition coefficient (Wildman–Crippen LogP) is 0.846. The third kappa shape index (κ3) is 4.49. The third-order valence-corrected chi connectivity index (χ3v) is 3.36. The van der Waals surface area contributed by atoms with Crippen molar-refractivity contribution in [2.45, 2.75) is 12.7 Å². The zero-order valence-electron chi connectivity index (χ0n) is 14.1. The molecule has 0 spiro atoms. The van der Waals surface area contributed by atoms with Crippen LogP contribution < -0.4 is 10.6 Å². The lowest BCUT2D eigenvalue weighted by Gasteiger charge is -2.06. The quantitative estimate of drug-likeness (QED) is 0.581. The van der Waals surface area contributed by atoms with E-state index < -0.39 is 12.0 Å². The number of hydrogen-bond donors (Lipinski definition) is 2. The van der Waals surface area contributed by atoms with Crippen molar-refractivity contribution in [2.24, 2.45) is 0 Å². The Labute approximate surface area is 150 Å². The molecule has 3 aromatic heterocycles. The molecule has 13 heteroatoms. The van der Waals surface area contributed by atoms with Crippen LogP contribution in [0.4, 0.5) is 24.7 Å². The molecule has 3 heterocycles. The number of anilines is 2. The average molecular weight is 384 g/mol. The molecular weight excluding hydrogens is 369 g/mol. The van der Waals surface area contributed by atoms with Gasteiger partial charge in [-0.05, 0) is 12.1 Å². The van der Waals surface area contributed by atoms with E-state index in [9.17, 15) is 18.0 Å². The Bertz CT molecular complexity index is 936. The van der Waals surface area contributed by atoms with Gasteiger partial charge in [0, 0.05) is 19.9 Å². The van der Waals surface area contributed by atoms with Crippen LogP contribution in [0.3, 0.4) is 0 Å². The molecule has 0 aliphatic heterocycles. The highest BCUT2D eigenvalue weighted by Crippen LogP contribution is 2.27. The maximum atomic E-state index is 12.9. The second-order valence-electron chi connectivity index (χ2n) is 5.40. The number of aromatic nitrogens is 6. The predicted molar refractivity (Wildman–Crippen MR) is 86.2 cm³/mol. The number of hydrogen-bond acceptors (Lipinski definition) is 7. The van der Waals surface area contributed by atoms with E-state index in [0.29, 0.717) is 23.4 Å². The third-order valence-electron chi connectivity index (χ3n) is 3.36. The molecule has 27 heavy (non-hydrogen) atoms. The highest BCUT2D eigenvalue weighted by Gasteiger charge is 2.37. The number of methoxy groups -OCH3 is 1. The summed E-state index contributed by atoms with van der Waals surface area (Å²) in [7, 11) is 1.53. The summed E-state index contributed by atoms with van der Waals surface area (Å²) >= 11 is 0. The number of alkyl halides is 3. The van der Waals surface area contributed by atoms with E-state index in [1.165, 1.54) is 36.3 Å². The first-order chi connectivity index (χ1) is 12.9.